The van der Waals surface area contributed by atoms with Crippen LogP contribution < -0.4 is 0 Å². The lowest BCUT2D eigenvalue weighted by molar-refractivity contribution is 0.229. The van der Waals surface area contributed by atoms with Crippen LogP contribution in [0.15, 0.2) is 33.3 Å². The standard InChI is InChI=1S/C10H7BrClNO2/c11-10-7(2-1-3-8(10)12)9-4-6(5-14)15-13-9/h1-4,14H,5H2. The van der Waals surface area contributed by atoms with Gasteiger partial charge in [-0.1, -0.05) is 28.9 Å². The smallest absolute Gasteiger partial charge is 0.162 e. The van der Waals surface area contributed by atoms with Gasteiger partial charge in [0.25, 0.3) is 0 Å². The number of hydrogen-bond acceptors (Lipinski definition) is 3. The Bertz CT molecular complexity index is 484. The Labute approximate surface area is 99.8 Å². The zero-order valence-electron chi connectivity index (χ0n) is 7.58. The highest BCUT2D eigenvalue weighted by molar-refractivity contribution is 9.10. The summed E-state index contributed by atoms with van der Waals surface area (Å²) in [5.74, 6) is 0.428. The zero-order chi connectivity index (χ0) is 10.8. The minimum atomic E-state index is -0.162. The van der Waals surface area contributed by atoms with E-state index in [9.17, 15) is 0 Å². The molecule has 1 N–H and O–H groups in total. The van der Waals surface area contributed by atoms with Crippen LogP contribution in [0, 0.1) is 0 Å². The van der Waals surface area contributed by atoms with E-state index in [-0.39, 0.29) is 6.61 Å². The van der Waals surface area contributed by atoms with Gasteiger partial charge in [0.05, 0.1) is 5.02 Å². The maximum atomic E-state index is 8.85. The van der Waals surface area contributed by atoms with Gasteiger partial charge in [-0.05, 0) is 22.0 Å². The van der Waals surface area contributed by atoms with E-state index in [4.69, 9.17) is 21.2 Å². The lowest BCUT2D eigenvalue weighted by atomic mass is 10.1. The minimum Gasteiger partial charge on any atom is -0.388 e. The van der Waals surface area contributed by atoms with Crippen LogP contribution in [-0.4, -0.2) is 10.3 Å². The topological polar surface area (TPSA) is 46.3 Å². The SMILES string of the molecule is OCc1cc(-c2cccc(Cl)c2Br)no1. The Morgan fingerprint density at radius 3 is 2.93 bits per heavy atom. The van der Waals surface area contributed by atoms with E-state index in [1.165, 1.54) is 0 Å². The summed E-state index contributed by atoms with van der Waals surface area (Å²) in [6, 6.07) is 7.16. The molecule has 0 saturated carbocycles. The van der Waals surface area contributed by atoms with Crippen LogP contribution in [0.5, 0.6) is 0 Å². The molecule has 0 aliphatic rings. The van der Waals surface area contributed by atoms with Crippen molar-refractivity contribution in [2.45, 2.75) is 6.61 Å². The molecule has 0 spiro atoms. The molecule has 3 nitrogen and oxygen atoms in total. The van der Waals surface area contributed by atoms with Crippen molar-refractivity contribution in [2.75, 3.05) is 0 Å². The second-order valence-corrected chi connectivity index (χ2v) is 4.14. The van der Waals surface area contributed by atoms with Crippen LogP contribution in [0.3, 0.4) is 0 Å². The maximum absolute atomic E-state index is 8.85. The average Bonchev–Trinajstić information content (AvgIpc) is 2.70. The molecule has 0 saturated heterocycles. The van der Waals surface area contributed by atoms with E-state index in [2.05, 4.69) is 21.1 Å². The summed E-state index contributed by atoms with van der Waals surface area (Å²) in [6.45, 7) is -0.162. The number of rotatable bonds is 2. The first-order valence-corrected chi connectivity index (χ1v) is 5.40. The quantitative estimate of drug-likeness (QED) is 0.922. The molecule has 0 amide bonds. The Morgan fingerprint density at radius 1 is 1.47 bits per heavy atom. The zero-order valence-corrected chi connectivity index (χ0v) is 9.92. The molecular formula is C10H7BrClNO2. The lowest BCUT2D eigenvalue weighted by Crippen LogP contribution is -1.80. The van der Waals surface area contributed by atoms with Crippen LogP contribution in [0.4, 0.5) is 0 Å². The first-order chi connectivity index (χ1) is 7.22. The molecule has 15 heavy (non-hydrogen) atoms. The average molecular weight is 289 g/mol. The van der Waals surface area contributed by atoms with Crippen molar-refractivity contribution in [3.8, 4) is 11.3 Å². The van der Waals surface area contributed by atoms with Crippen molar-refractivity contribution in [3.05, 3.63) is 39.5 Å². The second kappa shape index (κ2) is 4.35. The molecule has 0 bridgehead atoms. The highest BCUT2D eigenvalue weighted by Gasteiger charge is 2.10. The summed E-state index contributed by atoms with van der Waals surface area (Å²) in [7, 11) is 0. The molecule has 0 radical (unpaired) electrons. The third-order valence-electron chi connectivity index (χ3n) is 1.94. The van der Waals surface area contributed by atoms with Crippen LogP contribution in [0.25, 0.3) is 11.3 Å². The normalized spacial score (nSPS) is 10.6. The molecule has 78 valence electrons. The van der Waals surface area contributed by atoms with Crippen molar-refractivity contribution in [1.82, 2.24) is 5.16 Å². The molecule has 5 heteroatoms. The summed E-state index contributed by atoms with van der Waals surface area (Å²) >= 11 is 9.32. The number of aromatic nitrogens is 1. The van der Waals surface area contributed by atoms with E-state index >= 15 is 0 Å². The number of nitrogens with zero attached hydrogens (tertiary/aromatic N) is 1. The van der Waals surface area contributed by atoms with Gasteiger partial charge in [-0.2, -0.15) is 0 Å². The largest absolute Gasteiger partial charge is 0.388 e. The van der Waals surface area contributed by atoms with Gasteiger partial charge >= 0.3 is 0 Å². The van der Waals surface area contributed by atoms with E-state index in [1.807, 2.05) is 12.1 Å². The van der Waals surface area contributed by atoms with Crippen LogP contribution in [0.2, 0.25) is 5.02 Å². The third-order valence-corrected chi connectivity index (χ3v) is 3.34. The van der Waals surface area contributed by atoms with E-state index in [0.717, 1.165) is 10.0 Å². The minimum absolute atomic E-state index is 0.162. The number of benzene rings is 1. The van der Waals surface area contributed by atoms with Gasteiger partial charge in [0, 0.05) is 16.1 Å². The number of aliphatic hydroxyl groups is 1. The Hall–Kier alpha value is -0.840. The molecule has 1 aromatic carbocycles. The lowest BCUT2D eigenvalue weighted by Gasteiger charge is -2.00. The fourth-order valence-electron chi connectivity index (χ4n) is 1.22. The first-order valence-electron chi connectivity index (χ1n) is 4.23. The molecule has 0 fully saturated rings. The van der Waals surface area contributed by atoms with Crippen molar-refractivity contribution < 1.29 is 9.63 Å². The molecule has 2 aromatic rings. The molecule has 1 aromatic heterocycles. The third kappa shape index (κ3) is 2.07. The predicted molar refractivity (Wildman–Crippen MR) is 60.6 cm³/mol. The highest BCUT2D eigenvalue weighted by Crippen LogP contribution is 2.33. The van der Waals surface area contributed by atoms with E-state index in [0.29, 0.717) is 16.5 Å². The van der Waals surface area contributed by atoms with Crippen LogP contribution in [0.1, 0.15) is 5.76 Å². The Kier molecular flexibility index (Phi) is 3.09. The predicted octanol–water partition coefficient (Wildman–Crippen LogP) is 3.25. The number of aliphatic hydroxyl groups excluding tert-OH is 1. The van der Waals surface area contributed by atoms with E-state index < -0.39 is 0 Å². The molecule has 0 atom stereocenters. The summed E-state index contributed by atoms with van der Waals surface area (Å²) in [4.78, 5) is 0. The maximum Gasteiger partial charge on any atom is 0.162 e. The van der Waals surface area contributed by atoms with Gasteiger partial charge in [-0.15, -0.1) is 0 Å². The molecule has 0 aliphatic carbocycles. The molecule has 2 rings (SSSR count). The van der Waals surface area contributed by atoms with Crippen LogP contribution >= 0.6 is 27.5 Å². The summed E-state index contributed by atoms with van der Waals surface area (Å²) in [6.07, 6.45) is 0. The van der Waals surface area contributed by atoms with Gasteiger partial charge in [0.15, 0.2) is 5.76 Å². The molecular weight excluding hydrogens is 281 g/mol. The second-order valence-electron chi connectivity index (χ2n) is 2.94. The number of halogens is 2. The molecule has 1 heterocycles. The van der Waals surface area contributed by atoms with Crippen molar-refractivity contribution in [2.24, 2.45) is 0 Å². The summed E-state index contributed by atoms with van der Waals surface area (Å²) in [5, 5.41) is 13.3. The van der Waals surface area contributed by atoms with Gasteiger partial charge in [0.2, 0.25) is 0 Å². The molecule has 0 aliphatic heterocycles. The number of hydrogen-bond donors (Lipinski definition) is 1. The highest BCUT2D eigenvalue weighted by atomic mass is 79.9. The Morgan fingerprint density at radius 2 is 2.27 bits per heavy atom. The molecule has 0 unspecified atom stereocenters. The Balaban J connectivity index is 2.49. The van der Waals surface area contributed by atoms with Crippen LogP contribution in [-0.2, 0) is 6.61 Å². The van der Waals surface area contributed by atoms with Crippen molar-refractivity contribution in [3.63, 3.8) is 0 Å². The van der Waals surface area contributed by atoms with Gasteiger partial charge in [0.1, 0.15) is 12.3 Å². The fourth-order valence-corrected chi connectivity index (χ4v) is 1.86. The fraction of sp³-hybridized carbons (Fsp3) is 0.100. The monoisotopic (exact) mass is 287 g/mol. The van der Waals surface area contributed by atoms with Crippen molar-refractivity contribution >= 4 is 27.5 Å². The summed E-state index contributed by atoms with van der Waals surface area (Å²) < 4.78 is 5.67. The van der Waals surface area contributed by atoms with Crippen molar-refractivity contribution in [1.29, 1.82) is 0 Å². The van der Waals surface area contributed by atoms with Gasteiger partial charge in [-0.25, -0.2) is 0 Å². The first kappa shape index (κ1) is 10.7. The van der Waals surface area contributed by atoms with E-state index in [1.54, 1.807) is 12.1 Å². The van der Waals surface area contributed by atoms with Gasteiger partial charge in [-0.3, -0.25) is 0 Å². The summed E-state index contributed by atoms with van der Waals surface area (Å²) in [5.41, 5.74) is 1.49. The van der Waals surface area contributed by atoms with Gasteiger partial charge < -0.3 is 9.63 Å².